The van der Waals surface area contributed by atoms with Crippen LogP contribution in [0.15, 0.2) is 0 Å². The minimum atomic E-state index is -1.37. The summed E-state index contributed by atoms with van der Waals surface area (Å²) in [6.45, 7) is 19.0. The number of hydrogen-bond donors (Lipinski definition) is 0. The first-order valence-electron chi connectivity index (χ1n) is 20.9. The molecule has 0 spiro atoms. The van der Waals surface area contributed by atoms with Crippen molar-refractivity contribution in [1.29, 1.82) is 0 Å². The molecule has 0 aromatic carbocycles. The average molecular weight is 847 g/mol. The maximum atomic E-state index is 11.2. The number of ether oxygens (including phenoxy) is 6. The second-order valence-corrected chi connectivity index (χ2v) is 13.8. The molecule has 0 saturated heterocycles. The molecule has 58 heavy (non-hydrogen) atoms. The maximum Gasteiger partial charge on any atom is 3.00 e. The van der Waals surface area contributed by atoms with E-state index in [9.17, 15) is 44.1 Å². The summed E-state index contributed by atoms with van der Waals surface area (Å²) in [6.07, 6.45) is 9.29. The SMILES string of the molecule is CCCCOC(CC(C(C)=O)C(=O)[O-])OCCCC.CCCCOC(CC(C(C)=O)C(=O)[O-])OCCCC.CCCCOC(CC(C(C)=O)C(=O)[O-])OCCCC.[Al+3]. The van der Waals surface area contributed by atoms with Crippen LogP contribution in [0.3, 0.4) is 0 Å². The van der Waals surface area contributed by atoms with Gasteiger partial charge in [0.2, 0.25) is 0 Å². The number of carboxylic acid groups (broad SMARTS) is 3. The first kappa shape index (κ1) is 62.4. The van der Waals surface area contributed by atoms with E-state index in [1.165, 1.54) is 20.8 Å². The van der Waals surface area contributed by atoms with Crippen molar-refractivity contribution < 1.29 is 72.5 Å². The molecule has 0 aliphatic rings. The molecule has 16 heteroatoms. The Morgan fingerprint density at radius 2 is 0.517 bits per heavy atom. The Morgan fingerprint density at radius 3 is 0.621 bits per heavy atom. The van der Waals surface area contributed by atoms with Crippen LogP contribution in [0, 0.1) is 17.8 Å². The quantitative estimate of drug-likeness (QED) is 0.0381. The van der Waals surface area contributed by atoms with Gasteiger partial charge in [-0.1, -0.05) is 80.1 Å². The zero-order valence-corrected chi connectivity index (χ0v) is 38.2. The molecule has 0 amide bonds. The zero-order chi connectivity index (χ0) is 44.0. The van der Waals surface area contributed by atoms with Gasteiger partial charge in [0.15, 0.2) is 18.9 Å². The molecule has 0 heterocycles. The van der Waals surface area contributed by atoms with Crippen molar-refractivity contribution in [2.45, 2.75) is 177 Å². The molecule has 0 bridgehead atoms. The smallest absolute Gasteiger partial charge is 0.549 e. The number of carboxylic acids is 3. The van der Waals surface area contributed by atoms with Crippen molar-refractivity contribution in [1.82, 2.24) is 0 Å². The predicted molar refractivity (Wildman–Crippen MR) is 214 cm³/mol. The minimum Gasteiger partial charge on any atom is -0.549 e. The van der Waals surface area contributed by atoms with Crippen molar-refractivity contribution in [2.75, 3.05) is 39.6 Å². The van der Waals surface area contributed by atoms with E-state index in [1.807, 2.05) is 41.5 Å². The number of aliphatic carboxylic acids is 3. The van der Waals surface area contributed by atoms with Crippen LogP contribution < -0.4 is 15.3 Å². The topological polar surface area (TPSA) is 227 Å². The van der Waals surface area contributed by atoms with Crippen LogP contribution in [0.2, 0.25) is 0 Å². The van der Waals surface area contributed by atoms with Crippen LogP contribution in [-0.4, -0.2) is 111 Å². The van der Waals surface area contributed by atoms with E-state index in [0.29, 0.717) is 39.6 Å². The molecule has 3 atom stereocenters. The summed E-state index contributed by atoms with van der Waals surface area (Å²) in [5.74, 6) is -8.86. The molecule has 0 fully saturated rings. The van der Waals surface area contributed by atoms with Crippen LogP contribution >= 0.6 is 0 Å². The Labute approximate surface area is 359 Å². The monoisotopic (exact) mass is 846 g/mol. The van der Waals surface area contributed by atoms with Gasteiger partial charge in [-0.15, -0.1) is 0 Å². The van der Waals surface area contributed by atoms with Crippen LogP contribution in [0.25, 0.3) is 0 Å². The van der Waals surface area contributed by atoms with Gasteiger partial charge in [0.05, 0.1) is 35.7 Å². The summed E-state index contributed by atoms with van der Waals surface area (Å²) >= 11 is 0. The number of ketones is 3. The largest absolute Gasteiger partial charge is 3.00 e. The van der Waals surface area contributed by atoms with Crippen LogP contribution in [0.1, 0.15) is 159 Å². The van der Waals surface area contributed by atoms with E-state index in [2.05, 4.69) is 0 Å². The molecule has 336 valence electrons. The second kappa shape index (κ2) is 42.8. The summed E-state index contributed by atoms with van der Waals surface area (Å²) in [5.41, 5.74) is 0. The standard InChI is InChI=1S/3C14H26O5.Al/c3*1-4-6-8-18-13(19-9-7-5-2)10-12(11(3)15)14(16)17;/h3*12-13H,4-10H2,1-3H3,(H,16,17);/q;;;+3/p-3. The predicted octanol–water partition coefficient (Wildman–Crippen LogP) is 3.49. The van der Waals surface area contributed by atoms with Gasteiger partial charge in [0.1, 0.15) is 17.3 Å². The second-order valence-electron chi connectivity index (χ2n) is 13.8. The van der Waals surface area contributed by atoms with Gasteiger partial charge in [-0.3, -0.25) is 14.4 Å². The van der Waals surface area contributed by atoms with E-state index in [4.69, 9.17) is 28.4 Å². The summed E-state index contributed by atoms with van der Waals surface area (Å²) < 4.78 is 33.0. The third kappa shape index (κ3) is 36.8. The third-order valence-corrected chi connectivity index (χ3v) is 8.42. The van der Waals surface area contributed by atoms with Crippen LogP contribution in [-0.2, 0) is 57.2 Å². The Hall–Kier alpha value is -2.29. The number of unbranched alkanes of at least 4 members (excludes halogenated alkanes) is 6. The number of Topliss-reactive ketones (excluding diaryl/α,β-unsaturated/α-hetero) is 3. The molecule has 0 saturated carbocycles. The molecule has 0 radical (unpaired) electrons. The van der Waals surface area contributed by atoms with Crippen molar-refractivity contribution in [3.8, 4) is 0 Å². The zero-order valence-electron chi connectivity index (χ0n) is 37.0. The molecular formula is C42H75AlO15. The fraction of sp³-hybridized carbons (Fsp3) is 0.857. The molecule has 0 aromatic heterocycles. The summed E-state index contributed by atoms with van der Waals surface area (Å²) in [6, 6.07) is 0. The first-order valence-corrected chi connectivity index (χ1v) is 20.9. The normalized spacial score (nSPS) is 12.4. The average Bonchev–Trinajstić information content (AvgIpc) is 3.14. The molecule has 0 rings (SSSR count). The Balaban J connectivity index is -0.000000374. The van der Waals surface area contributed by atoms with E-state index in [-0.39, 0.29) is 36.6 Å². The number of carbonyl (C=O) groups is 6. The van der Waals surface area contributed by atoms with Gasteiger partial charge in [0.25, 0.3) is 0 Å². The molecule has 0 aliphatic carbocycles. The van der Waals surface area contributed by atoms with Gasteiger partial charge in [-0.05, 0) is 59.3 Å². The van der Waals surface area contributed by atoms with Crippen LogP contribution in [0.5, 0.6) is 0 Å². The first-order chi connectivity index (χ1) is 27.1. The minimum absolute atomic E-state index is 0. The molecular weight excluding hydrogens is 771 g/mol. The number of rotatable bonds is 36. The van der Waals surface area contributed by atoms with E-state index in [0.717, 1.165) is 77.0 Å². The summed E-state index contributed by atoms with van der Waals surface area (Å²) in [5, 5.41) is 32.7. The van der Waals surface area contributed by atoms with Gasteiger partial charge < -0.3 is 58.1 Å². The Morgan fingerprint density at radius 1 is 0.362 bits per heavy atom. The van der Waals surface area contributed by atoms with Crippen molar-refractivity contribution in [3.63, 3.8) is 0 Å². The fourth-order valence-corrected chi connectivity index (χ4v) is 4.57. The number of carbonyl (C=O) groups excluding carboxylic acids is 6. The molecule has 3 unspecified atom stereocenters. The van der Waals surface area contributed by atoms with Gasteiger partial charge in [-0.2, -0.15) is 0 Å². The molecule has 0 N–H and O–H groups in total. The fourth-order valence-electron chi connectivity index (χ4n) is 4.57. The Kier molecular flexibility index (Phi) is 46.0. The number of hydrogen-bond acceptors (Lipinski definition) is 15. The van der Waals surface area contributed by atoms with Crippen molar-refractivity contribution in [2.24, 2.45) is 17.8 Å². The van der Waals surface area contributed by atoms with Gasteiger partial charge >= 0.3 is 17.4 Å². The van der Waals surface area contributed by atoms with E-state index < -0.39 is 71.9 Å². The Bertz CT molecular complexity index is 857. The summed E-state index contributed by atoms with van der Waals surface area (Å²) in [4.78, 5) is 66.4. The third-order valence-electron chi connectivity index (χ3n) is 8.42. The van der Waals surface area contributed by atoms with Gasteiger partial charge in [0, 0.05) is 58.9 Å². The maximum absolute atomic E-state index is 11.2. The van der Waals surface area contributed by atoms with Crippen molar-refractivity contribution in [3.05, 3.63) is 0 Å². The van der Waals surface area contributed by atoms with Crippen LogP contribution in [0.4, 0.5) is 0 Å². The molecule has 15 nitrogen and oxygen atoms in total. The van der Waals surface area contributed by atoms with Gasteiger partial charge in [-0.25, -0.2) is 0 Å². The molecule has 0 aliphatic heterocycles. The van der Waals surface area contributed by atoms with E-state index in [1.54, 1.807) is 0 Å². The summed E-state index contributed by atoms with van der Waals surface area (Å²) in [7, 11) is 0. The van der Waals surface area contributed by atoms with E-state index >= 15 is 0 Å². The van der Waals surface area contributed by atoms with Crippen molar-refractivity contribution >= 4 is 52.6 Å². The molecule has 0 aromatic rings.